The molecule has 11 aromatic rings. The SMILES string of the molecule is c1ccc(-c2nc(-c3cccc4oc5ccccc5c34)nc(-n3c4ccccc4c4cc5c(cc43)c3ccccc3n5-c3ccccc3)n2)cc1. The van der Waals surface area contributed by atoms with Crippen molar-refractivity contribution in [1.82, 2.24) is 24.1 Å². The highest BCUT2D eigenvalue weighted by Gasteiger charge is 2.22. The second-order valence-corrected chi connectivity index (χ2v) is 12.9. The standard InChI is InChI=1S/C45H27N5O/c1-3-14-28(15-4-1)43-46-44(33-21-13-25-41-42(33)32-20-9-12-24-40(32)51-41)48-45(47-43)50-37-23-11-8-19-31(37)35-26-38-34(27-39(35)50)30-18-7-10-22-36(30)49(38)29-16-5-2-6-17-29/h1-27H. The van der Waals surface area contributed by atoms with Gasteiger partial charge in [-0.3, -0.25) is 4.57 Å². The molecule has 0 aliphatic rings. The Balaban J connectivity index is 1.25. The average molecular weight is 654 g/mol. The van der Waals surface area contributed by atoms with Crippen molar-refractivity contribution in [1.29, 1.82) is 0 Å². The minimum atomic E-state index is 0.556. The third kappa shape index (κ3) is 4.14. The van der Waals surface area contributed by atoms with Crippen molar-refractivity contribution in [3.63, 3.8) is 0 Å². The van der Waals surface area contributed by atoms with E-state index in [2.05, 4.69) is 112 Å². The highest BCUT2D eigenvalue weighted by molar-refractivity contribution is 6.19. The number of furan rings is 1. The summed E-state index contributed by atoms with van der Waals surface area (Å²) in [5.74, 6) is 1.75. The zero-order chi connectivity index (χ0) is 33.5. The van der Waals surface area contributed by atoms with E-state index in [1.807, 2.05) is 60.7 Å². The lowest BCUT2D eigenvalue weighted by Crippen LogP contribution is -2.06. The van der Waals surface area contributed by atoms with Crippen LogP contribution in [0.5, 0.6) is 0 Å². The molecule has 6 nitrogen and oxygen atoms in total. The zero-order valence-electron chi connectivity index (χ0n) is 27.2. The quantitative estimate of drug-likeness (QED) is 0.190. The highest BCUT2D eigenvalue weighted by atomic mass is 16.3. The molecule has 0 radical (unpaired) electrons. The maximum absolute atomic E-state index is 6.28. The van der Waals surface area contributed by atoms with Gasteiger partial charge in [-0.2, -0.15) is 9.97 Å². The lowest BCUT2D eigenvalue weighted by molar-refractivity contribution is 0.669. The first-order valence-electron chi connectivity index (χ1n) is 17.0. The topological polar surface area (TPSA) is 61.7 Å². The minimum Gasteiger partial charge on any atom is -0.456 e. The van der Waals surface area contributed by atoms with Crippen molar-refractivity contribution < 1.29 is 4.42 Å². The summed E-state index contributed by atoms with van der Waals surface area (Å²) in [5, 5.41) is 6.63. The number of fused-ring (bicyclic) bond motifs is 9. The minimum absolute atomic E-state index is 0.556. The first kappa shape index (κ1) is 27.9. The first-order chi connectivity index (χ1) is 25.3. The summed E-state index contributed by atoms with van der Waals surface area (Å²) in [5.41, 5.74) is 8.94. The van der Waals surface area contributed by atoms with Crippen LogP contribution in [0.25, 0.3) is 100.0 Å². The van der Waals surface area contributed by atoms with Crippen LogP contribution in [0.4, 0.5) is 0 Å². The van der Waals surface area contributed by atoms with Crippen LogP contribution in [0.1, 0.15) is 0 Å². The molecule has 238 valence electrons. The van der Waals surface area contributed by atoms with Crippen LogP contribution in [0, 0.1) is 0 Å². The highest BCUT2D eigenvalue weighted by Crippen LogP contribution is 2.40. The van der Waals surface area contributed by atoms with Crippen molar-refractivity contribution in [2.45, 2.75) is 0 Å². The molecule has 51 heavy (non-hydrogen) atoms. The van der Waals surface area contributed by atoms with Crippen molar-refractivity contribution in [3.05, 3.63) is 164 Å². The van der Waals surface area contributed by atoms with Crippen LogP contribution >= 0.6 is 0 Å². The number of nitrogens with zero attached hydrogens (tertiary/aromatic N) is 5. The summed E-state index contributed by atoms with van der Waals surface area (Å²) in [6.07, 6.45) is 0. The lowest BCUT2D eigenvalue weighted by atomic mass is 10.1. The van der Waals surface area contributed by atoms with Crippen LogP contribution in [0.3, 0.4) is 0 Å². The Hall–Kier alpha value is -7.05. The van der Waals surface area contributed by atoms with Gasteiger partial charge in [0.15, 0.2) is 11.6 Å². The predicted molar refractivity (Wildman–Crippen MR) is 207 cm³/mol. The van der Waals surface area contributed by atoms with Gasteiger partial charge in [-0.25, -0.2) is 4.98 Å². The van der Waals surface area contributed by atoms with E-state index in [4.69, 9.17) is 19.4 Å². The van der Waals surface area contributed by atoms with Gasteiger partial charge in [0.2, 0.25) is 5.95 Å². The van der Waals surface area contributed by atoms with E-state index in [9.17, 15) is 0 Å². The van der Waals surface area contributed by atoms with Gasteiger partial charge in [0.25, 0.3) is 0 Å². The van der Waals surface area contributed by atoms with E-state index in [0.717, 1.165) is 71.6 Å². The van der Waals surface area contributed by atoms with Gasteiger partial charge in [0.05, 0.1) is 22.1 Å². The molecule has 0 unspecified atom stereocenters. The molecule has 11 rings (SSSR count). The molecule has 0 spiro atoms. The molecule has 0 saturated heterocycles. The number of para-hydroxylation sites is 4. The van der Waals surface area contributed by atoms with Crippen LogP contribution in [0.15, 0.2) is 168 Å². The van der Waals surface area contributed by atoms with E-state index >= 15 is 0 Å². The fraction of sp³-hybridized carbons (Fsp3) is 0. The largest absolute Gasteiger partial charge is 0.456 e. The lowest BCUT2D eigenvalue weighted by Gasteiger charge is -2.11. The Morgan fingerprint density at radius 2 is 0.961 bits per heavy atom. The number of hydrogen-bond donors (Lipinski definition) is 0. The maximum atomic E-state index is 6.28. The number of hydrogen-bond acceptors (Lipinski definition) is 4. The van der Waals surface area contributed by atoms with Crippen molar-refractivity contribution in [2.24, 2.45) is 0 Å². The molecular weight excluding hydrogens is 627 g/mol. The molecule has 6 heteroatoms. The van der Waals surface area contributed by atoms with Crippen molar-refractivity contribution in [2.75, 3.05) is 0 Å². The molecule has 4 heterocycles. The van der Waals surface area contributed by atoms with Crippen LogP contribution in [0.2, 0.25) is 0 Å². The molecule has 0 amide bonds. The second kappa shape index (κ2) is 10.7. The van der Waals surface area contributed by atoms with E-state index in [0.29, 0.717) is 17.6 Å². The summed E-state index contributed by atoms with van der Waals surface area (Å²) in [4.78, 5) is 15.6. The van der Waals surface area contributed by atoms with E-state index in [1.54, 1.807) is 0 Å². The average Bonchev–Trinajstić information content (AvgIpc) is 3.85. The van der Waals surface area contributed by atoms with Gasteiger partial charge in [-0.15, -0.1) is 0 Å². The number of benzene rings is 7. The van der Waals surface area contributed by atoms with Gasteiger partial charge in [-0.1, -0.05) is 115 Å². The molecular formula is C45H27N5O. The van der Waals surface area contributed by atoms with Gasteiger partial charge < -0.3 is 8.98 Å². The van der Waals surface area contributed by atoms with Gasteiger partial charge >= 0.3 is 0 Å². The second-order valence-electron chi connectivity index (χ2n) is 12.9. The summed E-state index contributed by atoms with van der Waals surface area (Å²) in [6, 6.07) is 56.7. The smallest absolute Gasteiger partial charge is 0.238 e. The molecule has 0 N–H and O–H groups in total. The fourth-order valence-electron chi connectivity index (χ4n) is 7.76. The van der Waals surface area contributed by atoms with E-state index in [1.165, 1.54) is 10.8 Å². The maximum Gasteiger partial charge on any atom is 0.238 e. The fourth-order valence-corrected chi connectivity index (χ4v) is 7.76. The third-order valence-corrected chi connectivity index (χ3v) is 9.98. The Kier molecular flexibility index (Phi) is 5.86. The van der Waals surface area contributed by atoms with Crippen LogP contribution < -0.4 is 0 Å². The Labute approximate surface area is 291 Å². The Morgan fingerprint density at radius 1 is 0.392 bits per heavy atom. The predicted octanol–water partition coefficient (Wildman–Crippen LogP) is 11.3. The monoisotopic (exact) mass is 653 g/mol. The van der Waals surface area contributed by atoms with Gasteiger partial charge in [-0.05, 0) is 48.5 Å². The summed E-state index contributed by atoms with van der Waals surface area (Å²) in [7, 11) is 0. The Bertz CT molecular complexity index is 3140. The number of rotatable bonds is 4. The summed E-state index contributed by atoms with van der Waals surface area (Å²) >= 11 is 0. The van der Waals surface area contributed by atoms with Crippen molar-refractivity contribution in [3.8, 4) is 34.4 Å². The van der Waals surface area contributed by atoms with Gasteiger partial charge in [0.1, 0.15) is 11.2 Å². The Morgan fingerprint density at radius 3 is 1.71 bits per heavy atom. The summed E-state index contributed by atoms with van der Waals surface area (Å²) in [6.45, 7) is 0. The third-order valence-electron chi connectivity index (χ3n) is 9.98. The normalized spacial score (nSPS) is 11.9. The molecule has 4 aromatic heterocycles. The van der Waals surface area contributed by atoms with E-state index < -0.39 is 0 Å². The first-order valence-corrected chi connectivity index (χ1v) is 17.0. The molecule has 0 aliphatic heterocycles. The molecule has 7 aromatic carbocycles. The summed E-state index contributed by atoms with van der Waals surface area (Å²) < 4.78 is 10.8. The molecule has 0 fully saturated rings. The van der Waals surface area contributed by atoms with Gasteiger partial charge in [0, 0.05) is 49.1 Å². The number of aromatic nitrogens is 5. The van der Waals surface area contributed by atoms with Crippen molar-refractivity contribution >= 4 is 65.6 Å². The van der Waals surface area contributed by atoms with Crippen LogP contribution in [-0.4, -0.2) is 24.1 Å². The molecule has 0 saturated carbocycles. The molecule has 0 aliphatic carbocycles. The van der Waals surface area contributed by atoms with E-state index in [-0.39, 0.29) is 0 Å². The molecule has 0 atom stereocenters. The molecule has 0 bridgehead atoms. The van der Waals surface area contributed by atoms with Crippen LogP contribution in [-0.2, 0) is 0 Å². The zero-order valence-corrected chi connectivity index (χ0v) is 27.2.